The maximum absolute atomic E-state index is 12.6. The standard InChI is InChI=1S/C15H19BrN2O2/c16-5-7-20-13-4-3-11-10-18(15(19)14(11)8-13)12-2-1-6-17-9-12/h3-4,8,12,17H,1-2,5-7,9-10H2. The summed E-state index contributed by atoms with van der Waals surface area (Å²) in [6, 6.07) is 6.19. The second-order valence-electron chi connectivity index (χ2n) is 5.29. The lowest BCUT2D eigenvalue weighted by molar-refractivity contribution is 0.0674. The second kappa shape index (κ2) is 6.14. The molecular formula is C15H19BrN2O2. The normalized spacial score (nSPS) is 21.9. The Kier molecular flexibility index (Phi) is 4.27. The van der Waals surface area contributed by atoms with Gasteiger partial charge in [-0.25, -0.2) is 0 Å². The first kappa shape index (κ1) is 13.9. The molecule has 1 aromatic rings. The highest BCUT2D eigenvalue weighted by Gasteiger charge is 2.33. The number of fused-ring (bicyclic) bond motifs is 1. The van der Waals surface area contributed by atoms with Crippen molar-refractivity contribution in [3.63, 3.8) is 0 Å². The third-order valence-corrected chi connectivity index (χ3v) is 4.29. The predicted molar refractivity (Wildman–Crippen MR) is 81.5 cm³/mol. The number of hydrogen-bond donors (Lipinski definition) is 1. The van der Waals surface area contributed by atoms with E-state index in [1.54, 1.807) is 0 Å². The van der Waals surface area contributed by atoms with E-state index in [9.17, 15) is 4.79 Å². The Morgan fingerprint density at radius 3 is 3.10 bits per heavy atom. The molecule has 0 radical (unpaired) electrons. The van der Waals surface area contributed by atoms with Gasteiger partial charge in [-0.2, -0.15) is 0 Å². The van der Waals surface area contributed by atoms with Crippen LogP contribution in [0.25, 0.3) is 0 Å². The van der Waals surface area contributed by atoms with Crippen molar-refractivity contribution in [2.75, 3.05) is 25.0 Å². The second-order valence-corrected chi connectivity index (χ2v) is 6.08. The third kappa shape index (κ3) is 2.69. The van der Waals surface area contributed by atoms with E-state index in [0.717, 1.165) is 54.7 Å². The van der Waals surface area contributed by atoms with Crippen molar-refractivity contribution in [3.8, 4) is 5.75 Å². The topological polar surface area (TPSA) is 41.6 Å². The number of carbonyl (C=O) groups excluding carboxylic acids is 1. The number of carbonyl (C=O) groups is 1. The fourth-order valence-electron chi connectivity index (χ4n) is 2.94. The van der Waals surface area contributed by atoms with Gasteiger partial charge in [-0.3, -0.25) is 4.79 Å². The highest BCUT2D eigenvalue weighted by atomic mass is 79.9. The molecule has 3 rings (SSSR count). The number of halogens is 1. The van der Waals surface area contributed by atoms with Gasteiger partial charge >= 0.3 is 0 Å². The zero-order valence-electron chi connectivity index (χ0n) is 11.4. The molecule has 0 spiro atoms. The molecule has 20 heavy (non-hydrogen) atoms. The lowest BCUT2D eigenvalue weighted by Gasteiger charge is -2.31. The minimum atomic E-state index is 0.151. The van der Waals surface area contributed by atoms with Crippen LogP contribution >= 0.6 is 15.9 Å². The Morgan fingerprint density at radius 1 is 1.45 bits per heavy atom. The molecule has 0 bridgehead atoms. The molecule has 0 aromatic heterocycles. The van der Waals surface area contributed by atoms with E-state index in [0.29, 0.717) is 12.6 Å². The highest BCUT2D eigenvalue weighted by Crippen LogP contribution is 2.29. The number of amides is 1. The largest absolute Gasteiger partial charge is 0.493 e. The van der Waals surface area contributed by atoms with Gasteiger partial charge < -0.3 is 15.0 Å². The smallest absolute Gasteiger partial charge is 0.254 e. The Labute approximate surface area is 127 Å². The van der Waals surface area contributed by atoms with Crippen molar-refractivity contribution in [1.82, 2.24) is 10.2 Å². The summed E-state index contributed by atoms with van der Waals surface area (Å²) < 4.78 is 5.58. The number of piperidine rings is 1. The average Bonchev–Trinajstić information content (AvgIpc) is 2.83. The van der Waals surface area contributed by atoms with Crippen LogP contribution in [0.1, 0.15) is 28.8 Å². The van der Waals surface area contributed by atoms with E-state index in [2.05, 4.69) is 21.2 Å². The first-order valence-electron chi connectivity index (χ1n) is 7.13. The molecule has 108 valence electrons. The van der Waals surface area contributed by atoms with Gasteiger partial charge in [0.1, 0.15) is 5.75 Å². The van der Waals surface area contributed by atoms with Gasteiger partial charge in [0.15, 0.2) is 0 Å². The quantitative estimate of drug-likeness (QED) is 0.855. The van der Waals surface area contributed by atoms with Crippen LogP contribution in [-0.4, -0.2) is 41.9 Å². The zero-order chi connectivity index (χ0) is 13.9. The van der Waals surface area contributed by atoms with Crippen molar-refractivity contribution in [1.29, 1.82) is 0 Å². The minimum Gasteiger partial charge on any atom is -0.493 e. The van der Waals surface area contributed by atoms with E-state index < -0.39 is 0 Å². The molecule has 1 fully saturated rings. The molecule has 0 aliphatic carbocycles. The first-order valence-corrected chi connectivity index (χ1v) is 8.25. The Morgan fingerprint density at radius 2 is 2.35 bits per heavy atom. The maximum atomic E-state index is 12.6. The lowest BCUT2D eigenvalue weighted by Crippen LogP contribution is -2.46. The van der Waals surface area contributed by atoms with Gasteiger partial charge in [-0.1, -0.05) is 22.0 Å². The van der Waals surface area contributed by atoms with E-state index in [-0.39, 0.29) is 5.91 Å². The number of rotatable bonds is 4. The molecule has 1 saturated heterocycles. The summed E-state index contributed by atoms with van der Waals surface area (Å²) in [5.74, 6) is 0.929. The SMILES string of the molecule is O=C1c2cc(OCCBr)ccc2CN1C1CCCNC1. The summed E-state index contributed by atoms with van der Waals surface area (Å²) >= 11 is 3.34. The molecular weight excluding hydrogens is 320 g/mol. The van der Waals surface area contributed by atoms with Crippen LogP contribution in [-0.2, 0) is 6.54 Å². The summed E-state index contributed by atoms with van der Waals surface area (Å²) in [7, 11) is 0. The zero-order valence-corrected chi connectivity index (χ0v) is 13.0. The summed E-state index contributed by atoms with van der Waals surface area (Å²) in [5, 5.41) is 4.16. The van der Waals surface area contributed by atoms with Gasteiger partial charge in [-0.05, 0) is 37.1 Å². The van der Waals surface area contributed by atoms with Crippen LogP contribution in [0.4, 0.5) is 0 Å². The fourth-order valence-corrected chi connectivity index (χ4v) is 3.11. The molecule has 2 aliphatic heterocycles. The lowest BCUT2D eigenvalue weighted by atomic mass is 10.1. The van der Waals surface area contributed by atoms with Gasteiger partial charge in [0.05, 0.1) is 6.61 Å². The van der Waals surface area contributed by atoms with Crippen molar-refractivity contribution in [2.24, 2.45) is 0 Å². The highest BCUT2D eigenvalue weighted by molar-refractivity contribution is 9.09. The van der Waals surface area contributed by atoms with Crippen molar-refractivity contribution in [3.05, 3.63) is 29.3 Å². The molecule has 0 saturated carbocycles. The molecule has 2 heterocycles. The molecule has 5 heteroatoms. The van der Waals surface area contributed by atoms with Gasteiger partial charge in [0.25, 0.3) is 5.91 Å². The summed E-state index contributed by atoms with van der Waals surface area (Å²) in [4.78, 5) is 14.6. The van der Waals surface area contributed by atoms with E-state index in [1.807, 2.05) is 23.1 Å². The number of alkyl halides is 1. The summed E-state index contributed by atoms with van der Waals surface area (Å²) in [6.45, 7) is 3.32. The van der Waals surface area contributed by atoms with Gasteiger partial charge in [0.2, 0.25) is 0 Å². The average molecular weight is 339 g/mol. The molecule has 1 amide bonds. The van der Waals surface area contributed by atoms with Crippen molar-refractivity contribution in [2.45, 2.75) is 25.4 Å². The van der Waals surface area contributed by atoms with Gasteiger partial charge in [0, 0.05) is 30.0 Å². The molecule has 2 aliphatic rings. The van der Waals surface area contributed by atoms with Crippen molar-refractivity contribution < 1.29 is 9.53 Å². The van der Waals surface area contributed by atoms with E-state index in [4.69, 9.17) is 4.74 Å². The minimum absolute atomic E-state index is 0.151. The molecule has 1 unspecified atom stereocenters. The van der Waals surface area contributed by atoms with Crippen LogP contribution in [0.3, 0.4) is 0 Å². The summed E-state index contributed by atoms with van der Waals surface area (Å²) in [5.41, 5.74) is 1.93. The van der Waals surface area contributed by atoms with Crippen LogP contribution in [0, 0.1) is 0 Å². The Balaban J connectivity index is 1.76. The summed E-state index contributed by atoms with van der Waals surface area (Å²) in [6.07, 6.45) is 2.24. The van der Waals surface area contributed by atoms with Crippen LogP contribution in [0.5, 0.6) is 5.75 Å². The van der Waals surface area contributed by atoms with Gasteiger partial charge in [-0.15, -0.1) is 0 Å². The number of nitrogens with one attached hydrogen (secondary N) is 1. The Hall–Kier alpha value is -1.07. The Bertz CT molecular complexity index is 501. The monoisotopic (exact) mass is 338 g/mol. The number of hydrogen-bond acceptors (Lipinski definition) is 3. The number of benzene rings is 1. The van der Waals surface area contributed by atoms with Crippen LogP contribution in [0.2, 0.25) is 0 Å². The van der Waals surface area contributed by atoms with E-state index in [1.165, 1.54) is 0 Å². The first-order chi connectivity index (χ1) is 9.79. The van der Waals surface area contributed by atoms with Crippen LogP contribution < -0.4 is 10.1 Å². The fraction of sp³-hybridized carbons (Fsp3) is 0.533. The third-order valence-electron chi connectivity index (χ3n) is 3.97. The predicted octanol–water partition coefficient (Wildman–Crippen LogP) is 2.17. The molecule has 1 N–H and O–H groups in total. The number of nitrogens with zero attached hydrogens (tertiary/aromatic N) is 1. The molecule has 4 nitrogen and oxygen atoms in total. The molecule has 1 atom stereocenters. The number of ether oxygens (including phenoxy) is 1. The van der Waals surface area contributed by atoms with Crippen molar-refractivity contribution >= 4 is 21.8 Å². The van der Waals surface area contributed by atoms with Crippen LogP contribution in [0.15, 0.2) is 18.2 Å². The van der Waals surface area contributed by atoms with E-state index >= 15 is 0 Å². The molecule has 1 aromatic carbocycles. The maximum Gasteiger partial charge on any atom is 0.254 e.